The molecule has 0 N–H and O–H groups in total. The lowest BCUT2D eigenvalue weighted by Crippen LogP contribution is -2.68. The van der Waals surface area contributed by atoms with Crippen molar-refractivity contribution < 1.29 is 67.3 Å². The molecule has 2 aromatic heterocycles. The van der Waals surface area contributed by atoms with Crippen molar-refractivity contribution in [3.63, 3.8) is 0 Å². The van der Waals surface area contributed by atoms with Crippen molar-refractivity contribution in [2.45, 2.75) is 125 Å². The van der Waals surface area contributed by atoms with Crippen molar-refractivity contribution in [1.29, 1.82) is 0 Å². The van der Waals surface area contributed by atoms with Crippen LogP contribution >= 0.6 is 0 Å². The summed E-state index contributed by atoms with van der Waals surface area (Å²) in [6.07, 6.45) is -16.1. The van der Waals surface area contributed by atoms with Gasteiger partial charge in [0.25, 0.3) is 0 Å². The Kier molecular flexibility index (Phi) is 10.5. The number of hydrogen-bond donors (Lipinski definition) is 0. The molecule has 0 aliphatic carbocycles. The van der Waals surface area contributed by atoms with E-state index >= 15 is 8.78 Å². The third kappa shape index (κ3) is 7.15. The second kappa shape index (κ2) is 15.2. The zero-order valence-electron chi connectivity index (χ0n) is 35.0. The van der Waals surface area contributed by atoms with Crippen LogP contribution in [0.5, 0.6) is 6.01 Å². The van der Waals surface area contributed by atoms with E-state index in [1.54, 1.807) is 37.8 Å². The predicted molar refractivity (Wildman–Crippen MR) is 212 cm³/mol. The quantitative estimate of drug-likeness (QED) is 0.139. The van der Waals surface area contributed by atoms with Crippen LogP contribution in [0.1, 0.15) is 70.6 Å². The fourth-order valence-electron chi connectivity index (χ4n) is 10.7. The molecular formula is C44H41F11N6O4. The minimum Gasteiger partial charge on any atom is -0.461 e. The molecule has 2 bridgehead atoms. The molecule has 2 aromatic carbocycles. The van der Waals surface area contributed by atoms with Crippen LogP contribution in [0.25, 0.3) is 32.9 Å². The summed E-state index contributed by atoms with van der Waals surface area (Å²) in [4.78, 5) is 32.8. The van der Waals surface area contributed by atoms with Gasteiger partial charge in [0.05, 0.1) is 46.4 Å². The standard InChI is InChI=1S/C44H41F11N6O4/c1-5-25-27(45)12-10-22-8-6-9-26(31(22)25)34-33(46)35-32-28(56-34)13-15-29-30-14-11-23(61(30)38(62)65-39(2,3)4)19-60(29)36(32)58-37(57-35)63-21-40-16-7-17-59(40)20-24(18-40)64-41(42(47,48)49,43(50,51)52)44(53,54)55/h1,6,8-10,12,23-24,29-30H,7,11,13-21H2,2-4H3/t23-,24+,29-,30+,40?/m1/s1. The second-order valence-electron chi connectivity index (χ2n) is 18.4. The topological polar surface area (TPSA) is 93.2 Å². The van der Waals surface area contributed by atoms with Gasteiger partial charge in [0, 0.05) is 24.0 Å². The molecule has 0 radical (unpaired) electrons. The van der Waals surface area contributed by atoms with E-state index in [1.165, 1.54) is 23.1 Å². The van der Waals surface area contributed by atoms with Crippen LogP contribution in [-0.2, 0) is 15.9 Å². The van der Waals surface area contributed by atoms with Gasteiger partial charge in [0.2, 0.25) is 0 Å². The van der Waals surface area contributed by atoms with E-state index in [1.807, 2.05) is 4.90 Å². The van der Waals surface area contributed by atoms with Crippen LogP contribution in [0.4, 0.5) is 58.9 Å². The Morgan fingerprint density at radius 1 is 0.892 bits per heavy atom. The first-order valence-corrected chi connectivity index (χ1v) is 21.0. The predicted octanol–water partition coefficient (Wildman–Crippen LogP) is 9.44. The molecule has 4 fully saturated rings. The van der Waals surface area contributed by atoms with E-state index in [0.29, 0.717) is 36.8 Å². The number of anilines is 1. The van der Waals surface area contributed by atoms with Gasteiger partial charge in [0.1, 0.15) is 35.1 Å². The Morgan fingerprint density at radius 3 is 2.29 bits per heavy atom. The highest BCUT2D eigenvalue weighted by molar-refractivity contribution is 6.03. The first kappa shape index (κ1) is 44.9. The summed E-state index contributed by atoms with van der Waals surface area (Å²) in [5.74, 6) is 0.840. The molecule has 10 nitrogen and oxygen atoms in total. The molecule has 65 heavy (non-hydrogen) atoms. The van der Waals surface area contributed by atoms with Gasteiger partial charge in [-0.1, -0.05) is 30.2 Å². The molecule has 0 spiro atoms. The number of pyridine rings is 1. The van der Waals surface area contributed by atoms with Gasteiger partial charge in [-0.3, -0.25) is 9.80 Å². The average molecular weight is 927 g/mol. The average Bonchev–Trinajstić information content (AvgIpc) is 3.82. The minimum absolute atomic E-state index is 0.0874. The number of benzene rings is 2. The monoisotopic (exact) mass is 926 g/mol. The number of carbonyl (C=O) groups excluding carboxylic acids is 1. The van der Waals surface area contributed by atoms with Crippen molar-refractivity contribution >= 4 is 33.6 Å². The molecule has 1 amide bonds. The van der Waals surface area contributed by atoms with Crippen molar-refractivity contribution in [3.05, 3.63) is 53.2 Å². The molecule has 7 heterocycles. The minimum atomic E-state index is -6.91. The van der Waals surface area contributed by atoms with Gasteiger partial charge in [-0.2, -0.15) is 49.5 Å². The molecule has 0 saturated carbocycles. The summed E-state index contributed by atoms with van der Waals surface area (Å²) in [6, 6.07) is 5.89. The number of aromatic nitrogens is 3. The third-order valence-electron chi connectivity index (χ3n) is 13.3. The number of halogens is 11. The van der Waals surface area contributed by atoms with E-state index in [9.17, 15) is 44.3 Å². The largest absolute Gasteiger partial charge is 0.461 e. The number of amides is 1. The molecule has 4 saturated heterocycles. The fraction of sp³-hybridized carbons (Fsp3) is 0.545. The number of ether oxygens (including phenoxy) is 3. The zero-order chi connectivity index (χ0) is 46.8. The van der Waals surface area contributed by atoms with E-state index < -0.39 is 90.7 Å². The van der Waals surface area contributed by atoms with Gasteiger partial charge >= 0.3 is 36.2 Å². The van der Waals surface area contributed by atoms with Crippen LogP contribution in [0, 0.1) is 24.0 Å². The fourth-order valence-corrected chi connectivity index (χ4v) is 10.7. The van der Waals surface area contributed by atoms with Gasteiger partial charge in [0.15, 0.2) is 5.82 Å². The normalized spacial score (nSPS) is 24.9. The van der Waals surface area contributed by atoms with Crippen molar-refractivity contribution in [2.75, 3.05) is 31.1 Å². The Balaban J connectivity index is 1.13. The molecule has 1 unspecified atom stereocenters. The lowest BCUT2D eigenvalue weighted by atomic mass is 9.93. The molecular weight excluding hydrogens is 885 g/mol. The third-order valence-corrected chi connectivity index (χ3v) is 13.3. The van der Waals surface area contributed by atoms with Crippen molar-refractivity contribution in [1.82, 2.24) is 24.8 Å². The molecule has 5 aliphatic heterocycles. The zero-order valence-corrected chi connectivity index (χ0v) is 35.0. The summed E-state index contributed by atoms with van der Waals surface area (Å²) in [5.41, 5.74) is -8.80. The van der Waals surface area contributed by atoms with Gasteiger partial charge in [-0.25, -0.2) is 18.6 Å². The second-order valence-corrected chi connectivity index (χ2v) is 18.4. The lowest BCUT2D eigenvalue weighted by Gasteiger charge is -2.47. The summed E-state index contributed by atoms with van der Waals surface area (Å²) in [5, 5.41) is 0.913. The van der Waals surface area contributed by atoms with Crippen LogP contribution in [-0.4, -0.2) is 117 Å². The smallest absolute Gasteiger partial charge is 0.435 e. The maximum absolute atomic E-state index is 17.5. The number of rotatable bonds is 6. The molecule has 9 rings (SSSR count). The maximum atomic E-state index is 17.5. The van der Waals surface area contributed by atoms with E-state index in [-0.39, 0.29) is 76.9 Å². The van der Waals surface area contributed by atoms with Crippen LogP contribution in [0.3, 0.4) is 0 Å². The summed E-state index contributed by atoms with van der Waals surface area (Å²) >= 11 is 0. The number of terminal acetylenes is 1. The molecule has 5 aliphatic rings. The van der Waals surface area contributed by atoms with Gasteiger partial charge in [-0.05, 0) is 83.7 Å². The Labute approximate surface area is 364 Å². The Hall–Kier alpha value is -5.23. The SMILES string of the molecule is C#Cc1c(F)ccc2cccc(-c3nc4c5c(nc(OCC67CCCN6C[C@@H](OC(C(F)(F)F)(C(F)(F)F)C(F)(F)F)C7)nc5c3F)N3C[C@H]5CC[C@@H]([C@H]3CC4)N5C(=O)OC(C)(C)C)c12. The molecule has 348 valence electrons. The van der Waals surface area contributed by atoms with E-state index in [2.05, 4.69) is 15.6 Å². The van der Waals surface area contributed by atoms with Crippen LogP contribution < -0.4 is 9.64 Å². The highest BCUT2D eigenvalue weighted by Gasteiger charge is 2.86. The summed E-state index contributed by atoms with van der Waals surface area (Å²) in [7, 11) is 0. The van der Waals surface area contributed by atoms with Crippen LogP contribution in [0.2, 0.25) is 0 Å². The molecule has 5 atom stereocenters. The number of fused-ring (bicyclic) bond motifs is 7. The number of carbonyl (C=O) groups is 1. The van der Waals surface area contributed by atoms with Gasteiger partial charge < -0.3 is 19.1 Å². The van der Waals surface area contributed by atoms with E-state index in [0.717, 1.165) is 0 Å². The highest BCUT2D eigenvalue weighted by atomic mass is 19.4. The number of alkyl halides is 9. The number of nitrogens with zero attached hydrogens (tertiary/aromatic N) is 6. The number of piperazine rings is 1. The molecule has 21 heteroatoms. The first-order chi connectivity index (χ1) is 30.4. The van der Waals surface area contributed by atoms with E-state index in [4.69, 9.17) is 25.9 Å². The van der Waals surface area contributed by atoms with Crippen molar-refractivity contribution in [3.8, 4) is 29.6 Å². The number of aryl methyl sites for hydroxylation is 1. The molecule has 4 aromatic rings. The first-order valence-electron chi connectivity index (χ1n) is 21.0. The number of hydrogen-bond acceptors (Lipinski definition) is 9. The van der Waals surface area contributed by atoms with Gasteiger partial charge in [-0.15, -0.1) is 6.42 Å². The lowest BCUT2D eigenvalue weighted by molar-refractivity contribution is -0.463. The van der Waals surface area contributed by atoms with Crippen molar-refractivity contribution in [2.24, 2.45) is 0 Å². The maximum Gasteiger partial charge on any atom is 0.435 e. The summed E-state index contributed by atoms with van der Waals surface area (Å²) < 4.78 is 174. The summed E-state index contributed by atoms with van der Waals surface area (Å²) in [6.45, 7) is 4.33. The van der Waals surface area contributed by atoms with Crippen LogP contribution in [0.15, 0.2) is 30.3 Å². The highest BCUT2D eigenvalue weighted by Crippen LogP contribution is 2.57. The Bertz CT molecular complexity index is 2590. The Morgan fingerprint density at radius 2 is 1.62 bits per heavy atom.